The fraction of sp³-hybridized carbons (Fsp3) is 0.500. The lowest BCUT2D eigenvalue weighted by atomic mass is 10.2. The zero-order valence-electron chi connectivity index (χ0n) is 11.0. The molecule has 0 aliphatic rings. The van der Waals surface area contributed by atoms with E-state index in [4.69, 9.17) is 0 Å². The fourth-order valence-corrected chi connectivity index (χ4v) is 1.36. The second-order valence-electron chi connectivity index (χ2n) is 2.58. The van der Waals surface area contributed by atoms with E-state index in [9.17, 15) is 9.32 Å². The number of aryl methyl sites for hydroxylation is 1. The molecule has 1 rings (SSSR count). The van der Waals surface area contributed by atoms with Gasteiger partial charge in [-0.15, -0.1) is 0 Å². The molecule has 3 nitrogen and oxygen atoms in total. The van der Waals surface area contributed by atoms with Crippen LogP contribution >= 0.6 is 0 Å². The number of rotatable bonds is 2. The Hall–Kier alpha value is -1.03. The summed E-state index contributed by atoms with van der Waals surface area (Å²) in [5, 5.41) is 9.29. The van der Waals surface area contributed by atoms with Crippen LogP contribution in [0.1, 0.15) is 33.3 Å². The number of phenolic OH excluding ortho intramolecular Hbond substituents is 1. The molecule has 0 fully saturated rings. The molecule has 0 spiro atoms. The Morgan fingerprint density at radius 2 is 1.69 bits per heavy atom. The van der Waals surface area contributed by atoms with Crippen molar-refractivity contribution in [2.24, 2.45) is 0 Å². The van der Waals surface area contributed by atoms with E-state index in [0.717, 1.165) is 5.56 Å². The lowest BCUT2D eigenvalue weighted by molar-refractivity contribution is 0.478. The molecule has 0 saturated carbocycles. The van der Waals surface area contributed by atoms with E-state index in [-0.39, 0.29) is 5.75 Å². The predicted octanol–water partition coefficient (Wildman–Crippen LogP) is 3.46. The summed E-state index contributed by atoms with van der Waals surface area (Å²) in [7, 11) is -1.15. The van der Waals surface area contributed by atoms with Gasteiger partial charge in [0.2, 0.25) is 0 Å². The van der Waals surface area contributed by atoms with Crippen molar-refractivity contribution in [3.8, 4) is 5.75 Å². The second-order valence-corrected chi connectivity index (χ2v) is 3.69. The minimum absolute atomic E-state index is 0.121. The van der Waals surface area contributed by atoms with E-state index in [1.54, 1.807) is 18.2 Å². The van der Waals surface area contributed by atoms with Gasteiger partial charge in [-0.25, -0.2) is 4.21 Å². The van der Waals surface area contributed by atoms with Gasteiger partial charge in [-0.1, -0.05) is 33.8 Å². The first-order valence-corrected chi connectivity index (χ1v) is 7.05. The highest BCUT2D eigenvalue weighted by molar-refractivity contribution is 7.85. The van der Waals surface area contributed by atoms with Gasteiger partial charge in [-0.3, -0.25) is 0 Å². The molecule has 16 heavy (non-hydrogen) atoms. The van der Waals surface area contributed by atoms with Crippen LogP contribution in [0.4, 0.5) is 5.69 Å². The fourth-order valence-electron chi connectivity index (χ4n) is 0.886. The number of nitrogens with one attached hydrogen (secondary N) is 1. The molecule has 1 aromatic carbocycles. The average molecular weight is 245 g/mol. The standard InChI is InChI=1S/C8H11NO2S.2C2H6/c1-6-3-4-8(10)7(5-6)9-12(2)11;2*1-2/h3-5,9-10H,1-2H3;2*1-2H3. The van der Waals surface area contributed by atoms with Crippen LogP contribution in [0.5, 0.6) is 5.75 Å². The maximum atomic E-state index is 10.8. The van der Waals surface area contributed by atoms with Crippen molar-refractivity contribution in [1.82, 2.24) is 0 Å². The van der Waals surface area contributed by atoms with Gasteiger partial charge in [0.05, 0.1) is 5.69 Å². The Labute approximate surface area is 101 Å². The molecule has 4 heteroatoms. The normalized spacial score (nSPS) is 10.1. The third-order valence-electron chi connectivity index (χ3n) is 1.41. The molecular formula is C12H23NO2S. The Kier molecular flexibility index (Phi) is 11.4. The van der Waals surface area contributed by atoms with Gasteiger partial charge in [0.25, 0.3) is 0 Å². The van der Waals surface area contributed by atoms with E-state index in [1.165, 1.54) is 6.26 Å². The number of hydrogen-bond acceptors (Lipinski definition) is 2. The summed E-state index contributed by atoms with van der Waals surface area (Å²) >= 11 is 0. The number of benzene rings is 1. The molecular weight excluding hydrogens is 222 g/mol. The third-order valence-corrected chi connectivity index (χ3v) is 1.91. The molecule has 0 radical (unpaired) electrons. The third kappa shape index (κ3) is 7.29. The van der Waals surface area contributed by atoms with E-state index in [1.807, 2.05) is 34.6 Å². The minimum atomic E-state index is -1.15. The van der Waals surface area contributed by atoms with Crippen molar-refractivity contribution in [3.05, 3.63) is 23.8 Å². The Bertz CT molecular complexity index is 314. The van der Waals surface area contributed by atoms with E-state index in [0.29, 0.717) is 5.69 Å². The SMILES string of the molecule is CC.CC.Cc1ccc(O)c(NS(C)=O)c1. The van der Waals surface area contributed by atoms with Crippen LogP contribution in [-0.2, 0) is 11.0 Å². The average Bonchev–Trinajstić information content (AvgIpc) is 2.28. The van der Waals surface area contributed by atoms with Gasteiger partial charge in [0.1, 0.15) is 16.7 Å². The molecule has 0 amide bonds. The molecule has 0 aliphatic heterocycles. The molecule has 1 unspecified atom stereocenters. The number of aromatic hydroxyl groups is 1. The molecule has 1 aromatic rings. The summed E-state index contributed by atoms with van der Waals surface area (Å²) in [5.41, 5.74) is 1.52. The zero-order valence-corrected chi connectivity index (χ0v) is 11.8. The monoisotopic (exact) mass is 245 g/mol. The Morgan fingerprint density at radius 1 is 1.19 bits per heavy atom. The van der Waals surface area contributed by atoms with Crippen molar-refractivity contribution in [2.75, 3.05) is 11.0 Å². The summed E-state index contributed by atoms with van der Waals surface area (Å²) < 4.78 is 13.4. The van der Waals surface area contributed by atoms with Crippen molar-refractivity contribution < 1.29 is 9.32 Å². The molecule has 0 heterocycles. The van der Waals surface area contributed by atoms with Crippen molar-refractivity contribution in [3.63, 3.8) is 0 Å². The highest BCUT2D eigenvalue weighted by Crippen LogP contribution is 2.23. The summed E-state index contributed by atoms with van der Waals surface area (Å²) in [4.78, 5) is 0. The molecule has 0 aliphatic carbocycles. The van der Waals surface area contributed by atoms with Crippen molar-refractivity contribution in [2.45, 2.75) is 34.6 Å². The van der Waals surface area contributed by atoms with Crippen molar-refractivity contribution >= 4 is 16.7 Å². The smallest absolute Gasteiger partial charge is 0.139 e. The number of anilines is 1. The van der Waals surface area contributed by atoms with Gasteiger partial charge in [-0.2, -0.15) is 0 Å². The predicted molar refractivity (Wildman–Crippen MR) is 73.2 cm³/mol. The van der Waals surface area contributed by atoms with E-state index < -0.39 is 11.0 Å². The number of hydrogen-bond donors (Lipinski definition) is 2. The maximum Gasteiger partial charge on any atom is 0.139 e. The summed E-state index contributed by atoms with van der Waals surface area (Å²) in [5.74, 6) is 0.121. The van der Waals surface area contributed by atoms with E-state index >= 15 is 0 Å². The number of phenols is 1. The van der Waals surface area contributed by atoms with Crippen LogP contribution in [0.3, 0.4) is 0 Å². The molecule has 0 saturated heterocycles. The molecule has 0 aromatic heterocycles. The lowest BCUT2D eigenvalue weighted by Crippen LogP contribution is -2.01. The molecule has 0 bridgehead atoms. The topological polar surface area (TPSA) is 49.3 Å². The first-order chi connectivity index (χ1) is 7.59. The lowest BCUT2D eigenvalue weighted by Gasteiger charge is -2.05. The van der Waals surface area contributed by atoms with Crippen LogP contribution < -0.4 is 4.72 Å². The van der Waals surface area contributed by atoms with Crippen LogP contribution in [-0.4, -0.2) is 15.6 Å². The first kappa shape index (κ1) is 17.4. The van der Waals surface area contributed by atoms with Gasteiger partial charge in [-0.05, 0) is 24.6 Å². The first-order valence-electron chi connectivity index (χ1n) is 5.49. The van der Waals surface area contributed by atoms with Gasteiger partial charge in [0, 0.05) is 6.26 Å². The molecule has 1 atom stereocenters. The highest BCUT2D eigenvalue weighted by atomic mass is 32.2. The van der Waals surface area contributed by atoms with Crippen LogP contribution in [0.15, 0.2) is 18.2 Å². The molecule has 94 valence electrons. The quantitative estimate of drug-likeness (QED) is 0.784. The van der Waals surface area contributed by atoms with Gasteiger partial charge in [0.15, 0.2) is 0 Å². The minimum Gasteiger partial charge on any atom is -0.506 e. The largest absolute Gasteiger partial charge is 0.506 e. The van der Waals surface area contributed by atoms with Crippen molar-refractivity contribution in [1.29, 1.82) is 0 Å². The summed E-state index contributed by atoms with van der Waals surface area (Å²) in [6.45, 7) is 9.91. The van der Waals surface area contributed by atoms with Gasteiger partial charge < -0.3 is 9.83 Å². The summed E-state index contributed by atoms with van der Waals surface area (Å²) in [6.07, 6.45) is 1.52. The summed E-state index contributed by atoms with van der Waals surface area (Å²) in [6, 6.07) is 5.11. The second kappa shape index (κ2) is 10.5. The van der Waals surface area contributed by atoms with E-state index in [2.05, 4.69) is 4.72 Å². The van der Waals surface area contributed by atoms with Crippen LogP contribution in [0.2, 0.25) is 0 Å². The molecule has 2 N–H and O–H groups in total. The van der Waals surface area contributed by atoms with Crippen LogP contribution in [0, 0.1) is 6.92 Å². The van der Waals surface area contributed by atoms with Crippen LogP contribution in [0.25, 0.3) is 0 Å². The van der Waals surface area contributed by atoms with Gasteiger partial charge >= 0.3 is 0 Å². The maximum absolute atomic E-state index is 10.8. The zero-order chi connectivity index (χ0) is 13.1. The Morgan fingerprint density at radius 3 is 2.12 bits per heavy atom. The highest BCUT2D eigenvalue weighted by Gasteiger charge is 2.00. The Balaban J connectivity index is 0.